The molecule has 0 spiro atoms. The molecule has 4 aliphatic rings. The van der Waals surface area contributed by atoms with E-state index in [2.05, 4.69) is 10.9 Å². The van der Waals surface area contributed by atoms with Gasteiger partial charge in [-0.3, -0.25) is 9.69 Å². The highest BCUT2D eigenvalue weighted by Crippen LogP contribution is 2.50. The summed E-state index contributed by atoms with van der Waals surface area (Å²) >= 11 is 0. The van der Waals surface area contributed by atoms with Gasteiger partial charge in [-0.15, -0.1) is 0 Å². The van der Waals surface area contributed by atoms with Crippen LogP contribution in [0.25, 0.3) is 0 Å². The molecule has 2 saturated carbocycles. The van der Waals surface area contributed by atoms with Crippen molar-refractivity contribution in [1.29, 1.82) is 0 Å². The molecule has 2 aliphatic heterocycles. The van der Waals surface area contributed by atoms with Gasteiger partial charge in [0.15, 0.2) is 0 Å². The second-order valence-electron chi connectivity index (χ2n) is 10.0. The molecule has 4 fully saturated rings. The maximum atomic E-state index is 15.2. The molecule has 0 aromatic heterocycles. The molecule has 0 radical (unpaired) electrons. The highest BCUT2D eigenvalue weighted by atomic mass is 19.4. The van der Waals surface area contributed by atoms with Crippen LogP contribution in [0.15, 0.2) is 0 Å². The average molecular weight is 453 g/mol. The van der Waals surface area contributed by atoms with Crippen LogP contribution in [0.4, 0.5) is 22.0 Å². The van der Waals surface area contributed by atoms with Crippen molar-refractivity contribution < 1.29 is 26.7 Å². The van der Waals surface area contributed by atoms with E-state index in [0.29, 0.717) is 45.2 Å². The minimum absolute atomic E-state index is 0.0816. The monoisotopic (exact) mass is 452 g/mol. The summed E-state index contributed by atoms with van der Waals surface area (Å²) in [5.74, 6) is -7.04. The Balaban J connectivity index is 1.45. The van der Waals surface area contributed by atoms with Gasteiger partial charge in [-0.2, -0.15) is 13.2 Å². The molecule has 31 heavy (non-hydrogen) atoms. The maximum Gasteiger partial charge on any atom is 0.392 e. The highest BCUT2D eigenvalue weighted by molar-refractivity contribution is 5.82. The lowest BCUT2D eigenvalue weighted by Crippen LogP contribution is -2.55. The third-order valence-electron chi connectivity index (χ3n) is 8.31. The molecule has 0 bridgehead atoms. The van der Waals surface area contributed by atoms with Crippen molar-refractivity contribution in [2.24, 2.45) is 29.6 Å². The first-order valence-electron chi connectivity index (χ1n) is 11.5. The Morgan fingerprint density at radius 1 is 1.06 bits per heavy atom. The summed E-state index contributed by atoms with van der Waals surface area (Å²) in [5, 5.41) is 0. The zero-order valence-electron chi connectivity index (χ0n) is 18.1. The summed E-state index contributed by atoms with van der Waals surface area (Å²) in [6.07, 6.45) is -1.92. The number of rotatable bonds is 4. The van der Waals surface area contributed by atoms with Crippen LogP contribution in [0, 0.1) is 29.6 Å². The molecular weight excluding hydrogens is 419 g/mol. The van der Waals surface area contributed by atoms with Crippen molar-refractivity contribution >= 4 is 5.91 Å². The lowest BCUT2D eigenvalue weighted by atomic mass is 9.73. The third kappa shape index (κ3) is 4.19. The van der Waals surface area contributed by atoms with Gasteiger partial charge in [-0.25, -0.2) is 19.6 Å². The Labute approximate surface area is 180 Å². The van der Waals surface area contributed by atoms with Crippen LogP contribution in [0.2, 0.25) is 0 Å². The summed E-state index contributed by atoms with van der Waals surface area (Å²) < 4.78 is 71.0. The normalized spacial score (nSPS) is 39.1. The smallest absolute Gasteiger partial charge is 0.339 e. The number of likely N-dealkylation sites (tertiary alicyclic amines) is 1. The first-order chi connectivity index (χ1) is 14.5. The van der Waals surface area contributed by atoms with Gasteiger partial charge in [0.25, 0.3) is 5.92 Å². The predicted octanol–water partition coefficient (Wildman–Crippen LogP) is 3.58. The first-order valence-corrected chi connectivity index (χ1v) is 11.5. The van der Waals surface area contributed by atoms with Gasteiger partial charge in [-0.05, 0) is 51.0 Å². The number of alkyl halides is 5. The number of carbonyl (C=O) groups excluding carboxylic acids is 1. The summed E-state index contributed by atoms with van der Waals surface area (Å²) in [6.45, 7) is 2.00. The van der Waals surface area contributed by atoms with E-state index in [4.69, 9.17) is 0 Å². The van der Waals surface area contributed by atoms with Crippen LogP contribution < -0.4 is 10.9 Å². The van der Waals surface area contributed by atoms with Crippen LogP contribution >= 0.6 is 0 Å². The number of carbonyl (C=O) groups is 1. The number of fused-ring (bicyclic) bond motifs is 1. The van der Waals surface area contributed by atoms with E-state index in [-0.39, 0.29) is 30.8 Å². The molecule has 4 rings (SSSR count). The number of hydrogen-bond donors (Lipinski definition) is 2. The van der Waals surface area contributed by atoms with E-state index in [1.54, 1.807) is 18.9 Å². The highest BCUT2D eigenvalue weighted by Gasteiger charge is 2.56. The van der Waals surface area contributed by atoms with Crippen molar-refractivity contribution in [3.8, 4) is 0 Å². The Morgan fingerprint density at radius 3 is 2.42 bits per heavy atom. The van der Waals surface area contributed by atoms with Crippen LogP contribution in [0.3, 0.4) is 0 Å². The van der Waals surface area contributed by atoms with Crippen LogP contribution in [-0.4, -0.2) is 60.3 Å². The van der Waals surface area contributed by atoms with Crippen LogP contribution in [-0.2, 0) is 4.79 Å². The molecule has 0 aromatic rings. The number of amides is 1. The largest absolute Gasteiger partial charge is 0.392 e. The molecule has 2 saturated heterocycles. The molecule has 2 heterocycles. The van der Waals surface area contributed by atoms with Crippen LogP contribution in [0.1, 0.15) is 51.9 Å². The van der Waals surface area contributed by atoms with E-state index < -0.39 is 41.9 Å². The molecular formula is C21H33F5N4O. The van der Waals surface area contributed by atoms with Crippen molar-refractivity contribution in [3.05, 3.63) is 0 Å². The average Bonchev–Trinajstić information content (AvgIpc) is 3.30. The van der Waals surface area contributed by atoms with Gasteiger partial charge in [0.2, 0.25) is 5.91 Å². The quantitative estimate of drug-likeness (QED) is 0.641. The third-order valence-corrected chi connectivity index (χ3v) is 8.31. The van der Waals surface area contributed by atoms with Gasteiger partial charge in [0.1, 0.15) is 6.17 Å². The molecule has 2 N–H and O–H groups in total. The summed E-state index contributed by atoms with van der Waals surface area (Å²) in [7, 11) is 1.63. The zero-order valence-corrected chi connectivity index (χ0v) is 18.1. The van der Waals surface area contributed by atoms with Gasteiger partial charge in [-0.1, -0.05) is 19.8 Å². The molecule has 178 valence electrons. The Hall–Kier alpha value is -1.00. The molecule has 6 unspecified atom stereocenters. The zero-order chi connectivity index (χ0) is 22.6. The van der Waals surface area contributed by atoms with Crippen LogP contribution in [0.5, 0.6) is 0 Å². The molecule has 7 atom stereocenters. The van der Waals surface area contributed by atoms with E-state index in [1.165, 1.54) is 4.90 Å². The lowest BCUT2D eigenvalue weighted by Gasteiger charge is -2.42. The summed E-state index contributed by atoms with van der Waals surface area (Å²) in [5.41, 5.74) is 5.39. The molecule has 5 nitrogen and oxygen atoms in total. The second kappa shape index (κ2) is 8.41. The van der Waals surface area contributed by atoms with Gasteiger partial charge in [0, 0.05) is 24.4 Å². The second-order valence-corrected chi connectivity index (χ2v) is 10.0. The predicted molar refractivity (Wildman–Crippen MR) is 105 cm³/mol. The number of nitrogens with zero attached hydrogens (tertiary/aromatic N) is 2. The standard InChI is InChI=1S/C21H33F5N4O/c1-12(20(22,23)19-28-27-11-29(19)2)13-5-3-6-14(9-13)30-10-16-15(18(30)31)7-4-8-17(16)21(24,25)26/h12-17,19,27-28H,3-11H2,1-2H3/t12-,13?,14?,15?,16?,17?,19?/m0/s1. The van der Waals surface area contributed by atoms with E-state index in [0.717, 1.165) is 0 Å². The van der Waals surface area contributed by atoms with Gasteiger partial charge >= 0.3 is 6.18 Å². The fourth-order valence-corrected chi connectivity index (χ4v) is 6.45. The summed E-state index contributed by atoms with van der Waals surface area (Å²) in [6, 6.07) is -0.239. The van der Waals surface area contributed by atoms with Crippen molar-refractivity contribution in [2.75, 3.05) is 20.3 Å². The fourth-order valence-electron chi connectivity index (χ4n) is 6.45. The number of hydrazine groups is 1. The van der Waals surface area contributed by atoms with E-state index in [1.807, 2.05) is 0 Å². The van der Waals surface area contributed by atoms with Crippen molar-refractivity contribution in [2.45, 2.75) is 76.2 Å². The van der Waals surface area contributed by atoms with Crippen molar-refractivity contribution in [1.82, 2.24) is 20.7 Å². The number of nitrogens with one attached hydrogen (secondary N) is 2. The number of halogens is 5. The number of hydrogen-bond acceptors (Lipinski definition) is 4. The lowest BCUT2D eigenvalue weighted by molar-refractivity contribution is -0.198. The topological polar surface area (TPSA) is 47.6 Å². The maximum absolute atomic E-state index is 15.2. The van der Waals surface area contributed by atoms with Gasteiger partial charge in [0.05, 0.1) is 12.6 Å². The van der Waals surface area contributed by atoms with E-state index >= 15 is 8.78 Å². The minimum Gasteiger partial charge on any atom is -0.339 e. The van der Waals surface area contributed by atoms with Gasteiger partial charge < -0.3 is 4.90 Å². The minimum atomic E-state index is -4.29. The SMILES string of the molecule is C[C@@H](C1CCCC(N2CC3C(CCCC3C(F)(F)F)C2=O)C1)C(F)(F)C1NNCN1C. The Bertz CT molecular complexity index is 675. The molecule has 10 heteroatoms. The molecule has 2 aliphatic carbocycles. The fraction of sp³-hybridized carbons (Fsp3) is 0.952. The Kier molecular flexibility index (Phi) is 6.28. The summed E-state index contributed by atoms with van der Waals surface area (Å²) in [4.78, 5) is 16.2. The van der Waals surface area contributed by atoms with Crippen molar-refractivity contribution in [3.63, 3.8) is 0 Å². The Morgan fingerprint density at radius 2 is 1.77 bits per heavy atom. The first kappa shape index (κ1) is 23.2. The molecule has 1 amide bonds. The van der Waals surface area contributed by atoms with E-state index in [9.17, 15) is 18.0 Å². The molecule has 0 aromatic carbocycles.